The van der Waals surface area contributed by atoms with Crippen molar-refractivity contribution in [2.45, 2.75) is 26.3 Å². The van der Waals surface area contributed by atoms with Gasteiger partial charge in [-0.3, -0.25) is 0 Å². The Bertz CT molecular complexity index is 549. The minimum absolute atomic E-state index is 0.261. The van der Waals surface area contributed by atoms with Crippen LogP contribution < -0.4 is 5.73 Å². The number of thiazole rings is 1. The highest BCUT2D eigenvalue weighted by atomic mass is 35.5. The number of rotatable bonds is 3. The van der Waals surface area contributed by atoms with Gasteiger partial charge in [-0.25, -0.2) is 9.37 Å². The molecule has 0 radical (unpaired) electrons. The molecule has 0 aliphatic carbocycles. The van der Waals surface area contributed by atoms with Crippen molar-refractivity contribution < 1.29 is 4.39 Å². The third kappa shape index (κ3) is 2.88. The molecule has 0 amide bonds. The smallest absolute Gasteiger partial charge is 0.124 e. The van der Waals surface area contributed by atoms with Crippen molar-refractivity contribution >= 4 is 22.9 Å². The van der Waals surface area contributed by atoms with Gasteiger partial charge in [0.05, 0.1) is 10.7 Å². The van der Waals surface area contributed by atoms with E-state index in [0.29, 0.717) is 11.4 Å². The van der Waals surface area contributed by atoms with Crippen LogP contribution in [-0.4, -0.2) is 4.98 Å². The van der Waals surface area contributed by atoms with Gasteiger partial charge in [-0.2, -0.15) is 0 Å². The quantitative estimate of drug-likeness (QED) is 0.931. The predicted molar refractivity (Wildman–Crippen MR) is 73.6 cm³/mol. The molecule has 1 aromatic carbocycles. The molecule has 96 valence electrons. The van der Waals surface area contributed by atoms with Gasteiger partial charge < -0.3 is 5.73 Å². The molecule has 1 aromatic heterocycles. The van der Waals surface area contributed by atoms with Crippen LogP contribution in [0.25, 0.3) is 0 Å². The molecule has 0 aliphatic heterocycles. The summed E-state index contributed by atoms with van der Waals surface area (Å²) in [5, 5.41) is 1.35. The van der Waals surface area contributed by atoms with Gasteiger partial charge in [-0.05, 0) is 31.5 Å². The highest BCUT2D eigenvalue weighted by molar-refractivity contribution is 7.11. The van der Waals surface area contributed by atoms with Crippen LogP contribution in [0.4, 0.5) is 4.39 Å². The van der Waals surface area contributed by atoms with Crippen molar-refractivity contribution in [1.82, 2.24) is 4.98 Å². The fraction of sp³-hybridized carbons (Fsp3) is 0.308. The second kappa shape index (κ2) is 5.34. The summed E-state index contributed by atoms with van der Waals surface area (Å²) >= 11 is 7.63. The van der Waals surface area contributed by atoms with E-state index in [0.717, 1.165) is 16.3 Å². The maximum atomic E-state index is 13.0. The summed E-state index contributed by atoms with van der Waals surface area (Å²) < 4.78 is 13.0. The van der Waals surface area contributed by atoms with Crippen molar-refractivity contribution in [3.8, 4) is 0 Å². The van der Waals surface area contributed by atoms with Crippen LogP contribution in [0.1, 0.15) is 27.2 Å². The number of benzene rings is 1. The van der Waals surface area contributed by atoms with E-state index in [1.807, 2.05) is 13.8 Å². The lowest BCUT2D eigenvalue weighted by atomic mass is 10.1. The molecule has 2 aromatic rings. The molecule has 1 atom stereocenters. The lowest BCUT2D eigenvalue weighted by Crippen LogP contribution is -2.13. The van der Waals surface area contributed by atoms with E-state index in [4.69, 9.17) is 17.3 Å². The van der Waals surface area contributed by atoms with Crippen LogP contribution in [-0.2, 0) is 6.42 Å². The molecule has 5 heteroatoms. The molecule has 1 unspecified atom stereocenters. The van der Waals surface area contributed by atoms with Crippen LogP contribution in [0.2, 0.25) is 5.02 Å². The number of hydrogen-bond donors (Lipinski definition) is 1. The highest BCUT2D eigenvalue weighted by Crippen LogP contribution is 2.27. The zero-order chi connectivity index (χ0) is 13.3. The Kier molecular flexibility index (Phi) is 4.00. The molecule has 0 saturated heterocycles. The van der Waals surface area contributed by atoms with Crippen molar-refractivity contribution in [3.63, 3.8) is 0 Å². The normalized spacial score (nSPS) is 12.7. The molecule has 2 N–H and O–H groups in total. The van der Waals surface area contributed by atoms with Gasteiger partial charge in [0.1, 0.15) is 5.82 Å². The van der Waals surface area contributed by atoms with Crippen LogP contribution in [0.3, 0.4) is 0 Å². The summed E-state index contributed by atoms with van der Waals surface area (Å²) in [5.74, 6) is -0.350. The molecule has 2 rings (SSSR count). The first-order valence-corrected chi connectivity index (χ1v) is 6.80. The molecule has 0 saturated carbocycles. The van der Waals surface area contributed by atoms with Crippen molar-refractivity contribution in [3.05, 3.63) is 50.2 Å². The molecule has 0 fully saturated rings. The van der Waals surface area contributed by atoms with Crippen LogP contribution in [0.5, 0.6) is 0 Å². The first-order chi connectivity index (χ1) is 8.47. The van der Waals surface area contributed by atoms with Gasteiger partial charge in [0.25, 0.3) is 0 Å². The highest BCUT2D eigenvalue weighted by Gasteiger charge is 2.14. The van der Waals surface area contributed by atoms with Gasteiger partial charge >= 0.3 is 0 Å². The monoisotopic (exact) mass is 284 g/mol. The second-order valence-electron chi connectivity index (χ2n) is 4.23. The Morgan fingerprint density at radius 1 is 1.44 bits per heavy atom. The zero-order valence-electron chi connectivity index (χ0n) is 10.2. The Morgan fingerprint density at radius 3 is 2.72 bits per heavy atom. The third-order valence-electron chi connectivity index (χ3n) is 2.83. The van der Waals surface area contributed by atoms with Crippen molar-refractivity contribution in [2.24, 2.45) is 5.73 Å². The Labute approximate surface area is 115 Å². The van der Waals surface area contributed by atoms with E-state index in [1.54, 1.807) is 17.4 Å². The zero-order valence-corrected chi connectivity index (χ0v) is 11.8. The van der Waals surface area contributed by atoms with E-state index in [2.05, 4.69) is 4.98 Å². The van der Waals surface area contributed by atoms with Gasteiger partial charge in [0, 0.05) is 22.4 Å². The van der Waals surface area contributed by atoms with Crippen molar-refractivity contribution in [1.29, 1.82) is 0 Å². The number of hydrogen-bond acceptors (Lipinski definition) is 3. The number of aromatic nitrogens is 1. The fourth-order valence-corrected chi connectivity index (χ4v) is 3.03. The van der Waals surface area contributed by atoms with Crippen LogP contribution >= 0.6 is 22.9 Å². The molecule has 0 bridgehead atoms. The van der Waals surface area contributed by atoms with E-state index in [-0.39, 0.29) is 11.9 Å². The van der Waals surface area contributed by atoms with E-state index >= 15 is 0 Å². The standard InChI is InChI=1S/C13H14ClFN2S/c1-7-8(2)18-13(17-7)6-12(16)10-4-3-9(15)5-11(10)14/h3-5,12H,6,16H2,1-2H3. The average Bonchev–Trinajstić information content (AvgIpc) is 2.57. The lowest BCUT2D eigenvalue weighted by Gasteiger charge is -2.12. The summed E-state index contributed by atoms with van der Waals surface area (Å²) in [6.07, 6.45) is 0.616. The maximum Gasteiger partial charge on any atom is 0.124 e. The van der Waals surface area contributed by atoms with E-state index in [1.165, 1.54) is 17.0 Å². The molecular weight excluding hydrogens is 271 g/mol. The fourth-order valence-electron chi connectivity index (χ4n) is 1.73. The van der Waals surface area contributed by atoms with Gasteiger partial charge in [0.2, 0.25) is 0 Å². The molecular formula is C13H14ClFN2S. The first-order valence-electron chi connectivity index (χ1n) is 5.61. The Morgan fingerprint density at radius 2 is 2.17 bits per heavy atom. The molecule has 0 spiro atoms. The average molecular weight is 285 g/mol. The topological polar surface area (TPSA) is 38.9 Å². The summed E-state index contributed by atoms with van der Waals surface area (Å²) in [4.78, 5) is 5.64. The van der Waals surface area contributed by atoms with Gasteiger partial charge in [0.15, 0.2) is 0 Å². The Balaban J connectivity index is 2.19. The third-order valence-corrected chi connectivity index (χ3v) is 4.25. The van der Waals surface area contributed by atoms with Crippen LogP contribution in [0.15, 0.2) is 18.2 Å². The number of halogens is 2. The van der Waals surface area contributed by atoms with Crippen molar-refractivity contribution in [2.75, 3.05) is 0 Å². The van der Waals surface area contributed by atoms with Gasteiger partial charge in [-0.15, -0.1) is 11.3 Å². The number of nitrogens with zero attached hydrogens (tertiary/aromatic N) is 1. The summed E-state index contributed by atoms with van der Waals surface area (Å²) in [6, 6.07) is 4.03. The predicted octanol–water partition coefficient (Wildman–Crippen LogP) is 3.79. The first kappa shape index (κ1) is 13.5. The molecule has 18 heavy (non-hydrogen) atoms. The summed E-state index contributed by atoms with van der Waals surface area (Å²) in [7, 11) is 0. The van der Waals surface area contributed by atoms with Crippen LogP contribution in [0, 0.1) is 19.7 Å². The minimum atomic E-state index is -0.350. The minimum Gasteiger partial charge on any atom is -0.324 e. The van der Waals surface area contributed by atoms with E-state index in [9.17, 15) is 4.39 Å². The largest absolute Gasteiger partial charge is 0.324 e. The number of aryl methyl sites for hydroxylation is 2. The van der Waals surface area contributed by atoms with Gasteiger partial charge in [-0.1, -0.05) is 17.7 Å². The summed E-state index contributed by atoms with van der Waals surface area (Å²) in [6.45, 7) is 4.01. The van der Waals surface area contributed by atoms with E-state index < -0.39 is 0 Å². The second-order valence-corrected chi connectivity index (χ2v) is 5.92. The molecule has 1 heterocycles. The summed E-state index contributed by atoms with van der Waals surface area (Å²) in [5.41, 5.74) is 7.88. The SMILES string of the molecule is Cc1nc(CC(N)c2ccc(F)cc2Cl)sc1C. The number of nitrogens with two attached hydrogens (primary N) is 1. The molecule has 2 nitrogen and oxygen atoms in total. The molecule has 0 aliphatic rings. The Hall–Kier alpha value is -0.970. The maximum absolute atomic E-state index is 13.0. The lowest BCUT2D eigenvalue weighted by molar-refractivity contribution is 0.624.